The second-order valence-corrected chi connectivity index (χ2v) is 5.25. The number of benzene rings is 1. The highest BCUT2D eigenvalue weighted by atomic mass is 32.1. The molecule has 0 aliphatic rings. The maximum absolute atomic E-state index is 5.91. The molecule has 2 heterocycles. The van der Waals surface area contributed by atoms with Crippen LogP contribution in [0.1, 0.15) is 16.8 Å². The highest BCUT2D eigenvalue weighted by Gasteiger charge is 2.08. The Hall–Kier alpha value is -1.74. The smallest absolute Gasteiger partial charge is 0.143 e. The fraction of sp³-hybridized carbons (Fsp3) is 0.200. The lowest BCUT2D eigenvalue weighted by atomic mass is 10.1. The van der Waals surface area contributed by atoms with Crippen LogP contribution >= 0.6 is 11.3 Å². The number of ether oxygens (including phenoxy) is 1. The molecule has 0 radical (unpaired) electrons. The normalized spacial score (nSPS) is 11.0. The first-order valence-electron chi connectivity index (χ1n) is 5.97. The Morgan fingerprint density at radius 2 is 2.11 bits per heavy atom. The van der Waals surface area contributed by atoms with Gasteiger partial charge in [-0.25, -0.2) is 0 Å². The molecule has 0 saturated carbocycles. The van der Waals surface area contributed by atoms with Gasteiger partial charge in [0.15, 0.2) is 0 Å². The van der Waals surface area contributed by atoms with Crippen molar-refractivity contribution in [1.29, 1.82) is 0 Å². The van der Waals surface area contributed by atoms with Crippen LogP contribution in [0, 0.1) is 13.8 Å². The lowest BCUT2D eigenvalue weighted by molar-refractivity contribution is 0.310. The van der Waals surface area contributed by atoms with E-state index in [1.807, 2.05) is 12.1 Å². The van der Waals surface area contributed by atoms with Crippen LogP contribution in [0.2, 0.25) is 0 Å². The summed E-state index contributed by atoms with van der Waals surface area (Å²) in [7, 11) is 0. The van der Waals surface area contributed by atoms with Gasteiger partial charge in [-0.2, -0.15) is 11.3 Å². The van der Waals surface area contributed by atoms with Gasteiger partial charge < -0.3 is 9.72 Å². The van der Waals surface area contributed by atoms with Gasteiger partial charge in [0.25, 0.3) is 0 Å². The molecule has 3 rings (SSSR count). The maximum Gasteiger partial charge on any atom is 0.143 e. The van der Waals surface area contributed by atoms with Crippen molar-refractivity contribution in [3.8, 4) is 5.75 Å². The minimum absolute atomic E-state index is 0.625. The highest BCUT2D eigenvalue weighted by Crippen LogP contribution is 2.29. The molecule has 92 valence electrons. The van der Waals surface area contributed by atoms with Crippen LogP contribution < -0.4 is 4.74 Å². The van der Waals surface area contributed by atoms with E-state index in [0.717, 1.165) is 11.3 Å². The molecule has 18 heavy (non-hydrogen) atoms. The lowest BCUT2D eigenvalue weighted by Gasteiger charge is -2.06. The van der Waals surface area contributed by atoms with Crippen LogP contribution in [0.5, 0.6) is 5.75 Å². The summed E-state index contributed by atoms with van der Waals surface area (Å²) in [5, 5.41) is 5.43. The van der Waals surface area contributed by atoms with Gasteiger partial charge in [-0.15, -0.1) is 0 Å². The van der Waals surface area contributed by atoms with Crippen LogP contribution in [0.15, 0.2) is 35.0 Å². The van der Waals surface area contributed by atoms with E-state index in [2.05, 4.69) is 41.7 Å². The molecule has 0 unspecified atom stereocenters. The number of H-pyrrole nitrogens is 1. The summed E-state index contributed by atoms with van der Waals surface area (Å²) >= 11 is 1.70. The van der Waals surface area contributed by atoms with Crippen LogP contribution in [-0.2, 0) is 6.61 Å². The lowest BCUT2D eigenvalue weighted by Crippen LogP contribution is -1.94. The van der Waals surface area contributed by atoms with E-state index in [1.54, 1.807) is 11.3 Å². The molecule has 0 fully saturated rings. The van der Waals surface area contributed by atoms with E-state index in [4.69, 9.17) is 4.74 Å². The molecule has 0 aliphatic heterocycles. The zero-order chi connectivity index (χ0) is 12.5. The third-order valence-corrected chi connectivity index (χ3v) is 4.01. The number of aromatic nitrogens is 1. The molecule has 2 nitrogen and oxygen atoms in total. The first kappa shape index (κ1) is 11.4. The Labute approximate surface area is 110 Å². The Morgan fingerprint density at radius 3 is 2.89 bits per heavy atom. The van der Waals surface area contributed by atoms with Crippen molar-refractivity contribution in [1.82, 2.24) is 4.98 Å². The summed E-state index contributed by atoms with van der Waals surface area (Å²) in [6, 6.07) is 8.29. The average molecular weight is 257 g/mol. The predicted molar refractivity (Wildman–Crippen MR) is 76.4 cm³/mol. The Kier molecular flexibility index (Phi) is 2.84. The van der Waals surface area contributed by atoms with Gasteiger partial charge in [-0.05, 0) is 47.9 Å². The van der Waals surface area contributed by atoms with Crippen molar-refractivity contribution in [2.45, 2.75) is 20.5 Å². The number of aryl methyl sites for hydroxylation is 2. The molecule has 0 bridgehead atoms. The van der Waals surface area contributed by atoms with E-state index < -0.39 is 0 Å². The van der Waals surface area contributed by atoms with Crippen LogP contribution in [0.4, 0.5) is 0 Å². The van der Waals surface area contributed by atoms with Crippen molar-refractivity contribution in [2.24, 2.45) is 0 Å². The second-order valence-electron chi connectivity index (χ2n) is 4.47. The molecule has 1 aromatic carbocycles. The molecule has 0 spiro atoms. The third-order valence-electron chi connectivity index (χ3n) is 3.28. The maximum atomic E-state index is 5.91. The van der Waals surface area contributed by atoms with Crippen molar-refractivity contribution < 1.29 is 4.74 Å². The number of fused-ring (bicyclic) bond motifs is 1. The first-order valence-corrected chi connectivity index (χ1v) is 6.92. The summed E-state index contributed by atoms with van der Waals surface area (Å²) in [5.74, 6) is 0.926. The fourth-order valence-electron chi connectivity index (χ4n) is 2.11. The minimum Gasteiger partial charge on any atom is -0.487 e. The standard InChI is InChI=1S/C15H15NOS/c1-10-11(2)16-15-13(10)4-3-5-14(15)17-8-12-6-7-18-9-12/h3-7,9,16H,8H2,1-2H3. The van der Waals surface area contributed by atoms with Gasteiger partial charge in [0.05, 0.1) is 5.52 Å². The van der Waals surface area contributed by atoms with Gasteiger partial charge in [0, 0.05) is 11.1 Å². The van der Waals surface area contributed by atoms with Gasteiger partial charge in [0.1, 0.15) is 12.4 Å². The first-order chi connectivity index (χ1) is 8.75. The molecule has 0 atom stereocenters. The van der Waals surface area contributed by atoms with Gasteiger partial charge >= 0.3 is 0 Å². The minimum atomic E-state index is 0.625. The molecule has 3 aromatic rings. The average Bonchev–Trinajstić information content (AvgIpc) is 2.98. The number of nitrogens with one attached hydrogen (secondary N) is 1. The summed E-state index contributed by atoms with van der Waals surface area (Å²) in [6.07, 6.45) is 0. The van der Waals surface area contributed by atoms with E-state index in [0.29, 0.717) is 6.61 Å². The Bertz CT molecular complexity index is 667. The quantitative estimate of drug-likeness (QED) is 0.738. The largest absolute Gasteiger partial charge is 0.487 e. The molecule has 0 aliphatic carbocycles. The van der Waals surface area contributed by atoms with Crippen LogP contribution in [-0.4, -0.2) is 4.98 Å². The highest BCUT2D eigenvalue weighted by molar-refractivity contribution is 7.07. The van der Waals surface area contributed by atoms with Gasteiger partial charge in [0.2, 0.25) is 0 Å². The second kappa shape index (κ2) is 4.50. The summed E-state index contributed by atoms with van der Waals surface area (Å²) in [5.41, 5.74) is 4.82. The SMILES string of the molecule is Cc1[nH]c2c(OCc3ccsc3)cccc2c1C. The molecule has 2 aromatic heterocycles. The summed E-state index contributed by atoms with van der Waals surface area (Å²) < 4.78 is 5.91. The number of hydrogen-bond acceptors (Lipinski definition) is 2. The van der Waals surface area contributed by atoms with Gasteiger partial charge in [-0.1, -0.05) is 12.1 Å². The zero-order valence-electron chi connectivity index (χ0n) is 10.5. The van der Waals surface area contributed by atoms with Crippen LogP contribution in [0.3, 0.4) is 0 Å². The van der Waals surface area contributed by atoms with Gasteiger partial charge in [-0.3, -0.25) is 0 Å². The fourth-order valence-corrected chi connectivity index (χ4v) is 2.77. The topological polar surface area (TPSA) is 25.0 Å². The van der Waals surface area contributed by atoms with E-state index in [-0.39, 0.29) is 0 Å². The van der Waals surface area contributed by atoms with Crippen molar-refractivity contribution >= 4 is 22.2 Å². The zero-order valence-corrected chi connectivity index (χ0v) is 11.3. The van der Waals surface area contributed by atoms with Crippen molar-refractivity contribution in [3.63, 3.8) is 0 Å². The number of rotatable bonds is 3. The number of hydrogen-bond donors (Lipinski definition) is 1. The number of para-hydroxylation sites is 1. The predicted octanol–water partition coefficient (Wildman–Crippen LogP) is 4.43. The van der Waals surface area contributed by atoms with E-state index in [1.165, 1.54) is 22.2 Å². The van der Waals surface area contributed by atoms with E-state index in [9.17, 15) is 0 Å². The molecule has 0 amide bonds. The van der Waals surface area contributed by atoms with Crippen molar-refractivity contribution in [2.75, 3.05) is 0 Å². The molecular formula is C15H15NOS. The third kappa shape index (κ3) is 1.91. The Morgan fingerprint density at radius 1 is 1.22 bits per heavy atom. The van der Waals surface area contributed by atoms with Crippen molar-refractivity contribution in [3.05, 3.63) is 51.8 Å². The molecule has 1 N–H and O–H groups in total. The van der Waals surface area contributed by atoms with E-state index >= 15 is 0 Å². The molecule has 0 saturated heterocycles. The summed E-state index contributed by atoms with van der Waals surface area (Å²) in [4.78, 5) is 3.40. The number of aromatic amines is 1. The number of thiophene rings is 1. The monoisotopic (exact) mass is 257 g/mol. The Balaban J connectivity index is 1.94. The van der Waals surface area contributed by atoms with Crippen LogP contribution in [0.25, 0.3) is 10.9 Å². The molecular weight excluding hydrogens is 242 g/mol. The summed E-state index contributed by atoms with van der Waals surface area (Å²) in [6.45, 7) is 4.86. The molecule has 3 heteroatoms.